The maximum absolute atomic E-state index is 12.0. The molecule has 6 nitrogen and oxygen atoms in total. The van der Waals surface area contributed by atoms with E-state index in [1.54, 1.807) is 29.2 Å². The molecule has 2 rings (SSSR count). The Balaban J connectivity index is 1.89. The van der Waals surface area contributed by atoms with Gasteiger partial charge in [-0.2, -0.15) is 0 Å². The molecule has 0 spiro atoms. The van der Waals surface area contributed by atoms with Crippen molar-refractivity contribution in [1.29, 1.82) is 0 Å². The molecule has 0 bridgehead atoms. The predicted octanol–water partition coefficient (Wildman–Crippen LogP) is 1.57. The van der Waals surface area contributed by atoms with E-state index in [1.165, 1.54) is 0 Å². The molecule has 0 aromatic heterocycles. The molecule has 0 saturated carbocycles. The fourth-order valence-electron chi connectivity index (χ4n) is 2.47. The number of carbonyl (C=O) groups excluding carboxylic acids is 2. The second-order valence-corrected chi connectivity index (χ2v) is 5.90. The minimum Gasteiger partial charge on any atom is -0.462 e. The van der Waals surface area contributed by atoms with Gasteiger partial charge in [-0.3, -0.25) is 4.90 Å². The summed E-state index contributed by atoms with van der Waals surface area (Å²) in [7, 11) is 3.98. The third-order valence-corrected chi connectivity index (χ3v) is 3.45. The normalized spacial score (nSPS) is 15.8. The van der Waals surface area contributed by atoms with Crippen molar-refractivity contribution in [2.75, 3.05) is 45.2 Å². The first kappa shape index (κ1) is 16.3. The highest BCUT2D eigenvalue weighted by atomic mass is 16.5. The molecule has 1 aliphatic rings. The summed E-state index contributed by atoms with van der Waals surface area (Å²) in [6, 6.07) is 6.82. The first-order valence-corrected chi connectivity index (χ1v) is 7.44. The number of urea groups is 1. The van der Waals surface area contributed by atoms with Crippen molar-refractivity contribution in [3.63, 3.8) is 0 Å². The van der Waals surface area contributed by atoms with Crippen LogP contribution in [0.15, 0.2) is 24.3 Å². The number of benzene rings is 1. The quantitative estimate of drug-likeness (QED) is 0.811. The minimum absolute atomic E-state index is 0.104. The van der Waals surface area contributed by atoms with Gasteiger partial charge < -0.3 is 15.0 Å². The number of anilines is 1. The number of hydrogen-bond acceptors (Lipinski definition) is 4. The molecule has 1 aliphatic heterocycles. The van der Waals surface area contributed by atoms with Crippen molar-refractivity contribution in [2.45, 2.75) is 6.92 Å². The largest absolute Gasteiger partial charge is 0.462 e. The van der Waals surface area contributed by atoms with Crippen LogP contribution < -0.4 is 10.2 Å². The van der Waals surface area contributed by atoms with Crippen molar-refractivity contribution in [1.82, 2.24) is 10.2 Å². The molecule has 6 heteroatoms. The van der Waals surface area contributed by atoms with Crippen LogP contribution in [0, 0.1) is 5.92 Å². The lowest BCUT2D eigenvalue weighted by Crippen LogP contribution is -2.27. The molecule has 1 aromatic rings. The predicted molar refractivity (Wildman–Crippen MR) is 85.2 cm³/mol. The van der Waals surface area contributed by atoms with E-state index >= 15 is 0 Å². The van der Waals surface area contributed by atoms with Crippen LogP contribution in [-0.2, 0) is 4.74 Å². The van der Waals surface area contributed by atoms with Gasteiger partial charge in [0.1, 0.15) is 0 Å². The smallest absolute Gasteiger partial charge is 0.338 e. The van der Waals surface area contributed by atoms with Gasteiger partial charge in [-0.25, -0.2) is 9.59 Å². The second-order valence-electron chi connectivity index (χ2n) is 5.90. The van der Waals surface area contributed by atoms with Gasteiger partial charge in [-0.05, 0) is 38.4 Å². The van der Waals surface area contributed by atoms with Crippen LogP contribution in [0.3, 0.4) is 0 Å². The molecule has 1 N–H and O–H groups in total. The molecule has 2 amide bonds. The van der Waals surface area contributed by atoms with Crippen LogP contribution in [0.2, 0.25) is 0 Å². The van der Waals surface area contributed by atoms with Crippen molar-refractivity contribution >= 4 is 17.7 Å². The third-order valence-electron chi connectivity index (χ3n) is 3.45. The van der Waals surface area contributed by atoms with Crippen LogP contribution in [0.4, 0.5) is 10.5 Å². The van der Waals surface area contributed by atoms with Crippen molar-refractivity contribution in [2.24, 2.45) is 5.92 Å². The standard InChI is InChI=1S/C16H23N3O3/c1-12(10-18(2)3)11-22-15(20)13-4-6-14(7-5-13)19-9-8-17-16(19)21/h4-7,12H,8-11H2,1-3H3,(H,17,21). The van der Waals surface area contributed by atoms with Gasteiger partial charge in [0.05, 0.1) is 12.2 Å². The molecular weight excluding hydrogens is 282 g/mol. The van der Waals surface area contributed by atoms with E-state index in [2.05, 4.69) is 10.2 Å². The van der Waals surface area contributed by atoms with Crippen molar-refractivity contribution in [3.8, 4) is 0 Å². The maximum Gasteiger partial charge on any atom is 0.338 e. The zero-order chi connectivity index (χ0) is 16.1. The highest BCUT2D eigenvalue weighted by Crippen LogP contribution is 2.17. The number of amides is 2. The average molecular weight is 305 g/mol. The Morgan fingerprint density at radius 1 is 1.36 bits per heavy atom. The molecule has 1 unspecified atom stereocenters. The van der Waals surface area contributed by atoms with Gasteiger partial charge in [0.2, 0.25) is 0 Å². The van der Waals surface area contributed by atoms with E-state index in [-0.39, 0.29) is 17.9 Å². The molecule has 1 heterocycles. The highest BCUT2D eigenvalue weighted by molar-refractivity contribution is 5.95. The molecular formula is C16H23N3O3. The first-order chi connectivity index (χ1) is 10.5. The molecule has 1 aromatic carbocycles. The first-order valence-electron chi connectivity index (χ1n) is 7.44. The summed E-state index contributed by atoms with van der Waals surface area (Å²) in [6.45, 7) is 4.60. The average Bonchev–Trinajstić information content (AvgIpc) is 2.90. The topological polar surface area (TPSA) is 61.9 Å². The summed E-state index contributed by atoms with van der Waals surface area (Å²) in [5, 5.41) is 2.75. The summed E-state index contributed by atoms with van der Waals surface area (Å²) in [6.07, 6.45) is 0. The number of carbonyl (C=O) groups is 2. The number of nitrogens with zero attached hydrogens (tertiary/aromatic N) is 2. The zero-order valence-corrected chi connectivity index (χ0v) is 13.3. The fraction of sp³-hybridized carbons (Fsp3) is 0.500. The summed E-state index contributed by atoms with van der Waals surface area (Å²) in [5.41, 5.74) is 1.29. The summed E-state index contributed by atoms with van der Waals surface area (Å²) in [4.78, 5) is 27.3. The Bertz CT molecular complexity index is 528. The SMILES string of the molecule is CC(COC(=O)c1ccc(N2CCNC2=O)cc1)CN(C)C. The summed E-state index contributed by atoms with van der Waals surface area (Å²) >= 11 is 0. The van der Waals surface area contributed by atoms with E-state index in [0.717, 1.165) is 12.2 Å². The van der Waals surface area contributed by atoms with Crippen LogP contribution in [-0.4, -0.2) is 57.2 Å². The molecule has 120 valence electrons. The van der Waals surface area contributed by atoms with Gasteiger partial charge >= 0.3 is 12.0 Å². The highest BCUT2D eigenvalue weighted by Gasteiger charge is 2.21. The minimum atomic E-state index is -0.331. The molecule has 22 heavy (non-hydrogen) atoms. The van der Waals surface area contributed by atoms with E-state index < -0.39 is 0 Å². The summed E-state index contributed by atoms with van der Waals surface area (Å²) in [5.74, 6) is -0.0467. The van der Waals surface area contributed by atoms with Gasteiger partial charge in [0.25, 0.3) is 0 Å². The Labute approximate surface area is 131 Å². The molecule has 0 aliphatic carbocycles. The summed E-state index contributed by atoms with van der Waals surface area (Å²) < 4.78 is 5.32. The van der Waals surface area contributed by atoms with E-state index in [4.69, 9.17) is 4.74 Å². The monoisotopic (exact) mass is 305 g/mol. The third kappa shape index (κ3) is 4.21. The Kier molecular flexibility index (Phi) is 5.38. The number of hydrogen-bond donors (Lipinski definition) is 1. The molecule has 1 fully saturated rings. The lowest BCUT2D eigenvalue weighted by Gasteiger charge is -2.17. The number of esters is 1. The fourth-order valence-corrected chi connectivity index (χ4v) is 2.47. The van der Waals surface area contributed by atoms with Crippen LogP contribution in [0.5, 0.6) is 0 Å². The Morgan fingerprint density at radius 3 is 2.59 bits per heavy atom. The maximum atomic E-state index is 12.0. The second kappa shape index (κ2) is 7.26. The van der Waals surface area contributed by atoms with Crippen LogP contribution >= 0.6 is 0 Å². The number of nitrogens with one attached hydrogen (secondary N) is 1. The Morgan fingerprint density at radius 2 is 2.05 bits per heavy atom. The van der Waals surface area contributed by atoms with Crippen molar-refractivity contribution in [3.05, 3.63) is 29.8 Å². The van der Waals surface area contributed by atoms with Crippen LogP contribution in [0.1, 0.15) is 17.3 Å². The lowest BCUT2D eigenvalue weighted by atomic mass is 10.2. The van der Waals surface area contributed by atoms with Crippen molar-refractivity contribution < 1.29 is 14.3 Å². The van der Waals surface area contributed by atoms with Gasteiger partial charge in [0, 0.05) is 31.2 Å². The van der Waals surface area contributed by atoms with Gasteiger partial charge in [0.15, 0.2) is 0 Å². The molecule has 0 radical (unpaired) electrons. The van der Waals surface area contributed by atoms with E-state index in [9.17, 15) is 9.59 Å². The Hall–Kier alpha value is -2.08. The van der Waals surface area contributed by atoms with Crippen LogP contribution in [0.25, 0.3) is 0 Å². The van der Waals surface area contributed by atoms with Gasteiger partial charge in [-0.15, -0.1) is 0 Å². The number of ether oxygens (including phenoxy) is 1. The molecule has 1 atom stereocenters. The lowest BCUT2D eigenvalue weighted by molar-refractivity contribution is 0.0433. The van der Waals surface area contributed by atoms with E-state index in [1.807, 2.05) is 21.0 Å². The molecule has 1 saturated heterocycles. The van der Waals surface area contributed by atoms with Gasteiger partial charge in [-0.1, -0.05) is 6.92 Å². The number of rotatable bonds is 6. The zero-order valence-electron chi connectivity index (χ0n) is 13.3. The van der Waals surface area contributed by atoms with E-state index in [0.29, 0.717) is 25.3 Å².